The van der Waals surface area contributed by atoms with Crippen molar-refractivity contribution >= 4 is 70.5 Å². The van der Waals surface area contributed by atoms with Gasteiger partial charge in [-0.3, -0.25) is 4.98 Å². The van der Waals surface area contributed by atoms with Crippen molar-refractivity contribution in [3.05, 3.63) is 158 Å². The smallest absolute Gasteiger partial charge is 0.153 e. The van der Waals surface area contributed by atoms with Crippen LogP contribution in [0.15, 0.2) is 162 Å². The summed E-state index contributed by atoms with van der Waals surface area (Å²) in [6, 6.07) is 52.2. The zero-order chi connectivity index (χ0) is 29.7. The summed E-state index contributed by atoms with van der Waals surface area (Å²) < 4.78 is 8.73. The van der Waals surface area contributed by atoms with Gasteiger partial charge < -0.3 is 9.32 Å². The molecule has 0 saturated heterocycles. The van der Waals surface area contributed by atoms with Crippen LogP contribution in [0.4, 0.5) is 17.1 Å². The summed E-state index contributed by atoms with van der Waals surface area (Å²) in [6.07, 6.45) is 3.59. The number of thiophene rings is 1. The lowest BCUT2D eigenvalue weighted by Gasteiger charge is -2.26. The van der Waals surface area contributed by atoms with Crippen molar-refractivity contribution in [3.8, 4) is 22.3 Å². The predicted molar refractivity (Wildman–Crippen MR) is 190 cm³/mol. The van der Waals surface area contributed by atoms with Crippen LogP contribution in [0.5, 0.6) is 0 Å². The fraction of sp³-hybridized carbons (Fsp3) is 0. The van der Waals surface area contributed by atoms with Crippen LogP contribution in [-0.2, 0) is 0 Å². The van der Waals surface area contributed by atoms with E-state index in [4.69, 9.17) is 4.42 Å². The highest BCUT2D eigenvalue weighted by atomic mass is 32.1. The first-order valence-electron chi connectivity index (χ1n) is 15.0. The molecule has 9 aromatic rings. The van der Waals surface area contributed by atoms with Gasteiger partial charge in [0.05, 0.1) is 6.20 Å². The maximum atomic E-state index is 6.12. The van der Waals surface area contributed by atoms with Gasteiger partial charge in [-0.25, -0.2) is 0 Å². The summed E-state index contributed by atoms with van der Waals surface area (Å²) in [6.45, 7) is 0. The molecule has 3 nitrogen and oxygen atoms in total. The van der Waals surface area contributed by atoms with Crippen LogP contribution >= 0.6 is 11.3 Å². The molecule has 3 heterocycles. The molecule has 3 aromatic heterocycles. The number of rotatable bonds is 5. The largest absolute Gasteiger partial charge is 0.454 e. The van der Waals surface area contributed by atoms with E-state index in [-0.39, 0.29) is 0 Å². The molecule has 0 unspecified atom stereocenters. The highest BCUT2D eigenvalue weighted by Crippen LogP contribution is 2.41. The normalized spacial score (nSPS) is 11.6. The Hall–Kier alpha value is -5.71. The molecule has 0 N–H and O–H groups in total. The van der Waals surface area contributed by atoms with Crippen LogP contribution < -0.4 is 4.90 Å². The third-order valence-corrected chi connectivity index (χ3v) is 9.74. The quantitative estimate of drug-likeness (QED) is 0.198. The Morgan fingerprint density at radius 1 is 0.444 bits per heavy atom. The van der Waals surface area contributed by atoms with Gasteiger partial charge in [0.1, 0.15) is 5.58 Å². The minimum absolute atomic E-state index is 0.810. The molecule has 0 bridgehead atoms. The summed E-state index contributed by atoms with van der Waals surface area (Å²) in [5, 5.41) is 4.77. The molecule has 0 radical (unpaired) electrons. The highest BCUT2D eigenvalue weighted by Gasteiger charge is 2.16. The summed E-state index contributed by atoms with van der Waals surface area (Å²) >= 11 is 1.85. The number of hydrogen-bond acceptors (Lipinski definition) is 4. The minimum Gasteiger partial charge on any atom is -0.454 e. The number of benzene rings is 6. The zero-order valence-electron chi connectivity index (χ0n) is 24.2. The van der Waals surface area contributed by atoms with Gasteiger partial charge in [0.15, 0.2) is 5.58 Å². The van der Waals surface area contributed by atoms with Gasteiger partial charge >= 0.3 is 0 Å². The van der Waals surface area contributed by atoms with E-state index in [9.17, 15) is 0 Å². The molecular formula is C41H26N2OS. The molecule has 0 spiro atoms. The van der Waals surface area contributed by atoms with Crippen LogP contribution in [0.25, 0.3) is 64.4 Å². The lowest BCUT2D eigenvalue weighted by molar-refractivity contribution is 0.667. The summed E-state index contributed by atoms with van der Waals surface area (Å²) in [5.41, 5.74) is 9.68. The van der Waals surface area contributed by atoms with Gasteiger partial charge in [-0.1, -0.05) is 78.9 Å². The standard InChI is InChI=1S/C41H26N2OS/c1-2-6-27(7-3-1)28-10-15-31(16-11-28)43(33-19-21-41-37(25-33)36-8-4-5-9-40(36)45-41)32-17-12-29(13-18-32)30-14-20-34-35-22-23-42-26-39(35)44-38(34)24-30/h1-26H. The summed E-state index contributed by atoms with van der Waals surface area (Å²) in [5.74, 6) is 0. The topological polar surface area (TPSA) is 29.3 Å². The van der Waals surface area contributed by atoms with E-state index < -0.39 is 0 Å². The van der Waals surface area contributed by atoms with Crippen LogP contribution in [0, 0.1) is 0 Å². The molecule has 212 valence electrons. The van der Waals surface area contributed by atoms with E-state index in [1.165, 1.54) is 31.3 Å². The van der Waals surface area contributed by atoms with Crippen molar-refractivity contribution in [2.24, 2.45) is 0 Å². The van der Waals surface area contributed by atoms with E-state index in [1.54, 1.807) is 6.20 Å². The Balaban J connectivity index is 1.14. The molecule has 0 fully saturated rings. The molecule has 9 rings (SSSR count). The number of furan rings is 1. The van der Waals surface area contributed by atoms with Gasteiger partial charge in [0, 0.05) is 54.2 Å². The minimum atomic E-state index is 0.810. The third kappa shape index (κ3) is 4.46. The van der Waals surface area contributed by atoms with E-state index in [0.29, 0.717) is 0 Å². The molecule has 0 atom stereocenters. The Kier molecular flexibility index (Phi) is 6.00. The fourth-order valence-electron chi connectivity index (χ4n) is 6.35. The lowest BCUT2D eigenvalue weighted by Crippen LogP contribution is -2.09. The summed E-state index contributed by atoms with van der Waals surface area (Å²) in [4.78, 5) is 6.56. The van der Waals surface area contributed by atoms with Crippen molar-refractivity contribution in [3.63, 3.8) is 0 Å². The maximum absolute atomic E-state index is 6.12. The van der Waals surface area contributed by atoms with Gasteiger partial charge in [-0.05, 0) is 89.0 Å². The zero-order valence-corrected chi connectivity index (χ0v) is 25.0. The average molecular weight is 595 g/mol. The Labute approximate surface area is 264 Å². The predicted octanol–water partition coefficient (Wildman–Crippen LogP) is 12.2. The molecule has 0 aliphatic rings. The second-order valence-electron chi connectivity index (χ2n) is 11.3. The Morgan fingerprint density at radius 2 is 1.07 bits per heavy atom. The first-order chi connectivity index (χ1) is 22.3. The second kappa shape index (κ2) is 10.5. The fourth-order valence-corrected chi connectivity index (χ4v) is 7.43. The number of hydrogen-bond donors (Lipinski definition) is 0. The van der Waals surface area contributed by atoms with E-state index in [1.807, 2.05) is 23.6 Å². The van der Waals surface area contributed by atoms with E-state index >= 15 is 0 Å². The van der Waals surface area contributed by atoms with Crippen LogP contribution in [0.2, 0.25) is 0 Å². The number of nitrogens with zero attached hydrogens (tertiary/aromatic N) is 2. The van der Waals surface area contributed by atoms with Crippen molar-refractivity contribution < 1.29 is 4.42 Å². The first kappa shape index (κ1) is 25.8. The highest BCUT2D eigenvalue weighted by molar-refractivity contribution is 7.25. The van der Waals surface area contributed by atoms with Gasteiger partial charge in [0.25, 0.3) is 0 Å². The molecular weight excluding hydrogens is 569 g/mol. The first-order valence-corrected chi connectivity index (χ1v) is 15.8. The molecule has 0 saturated carbocycles. The second-order valence-corrected chi connectivity index (χ2v) is 12.3. The van der Waals surface area contributed by atoms with Crippen LogP contribution in [0.3, 0.4) is 0 Å². The van der Waals surface area contributed by atoms with Gasteiger partial charge in [0.2, 0.25) is 0 Å². The molecule has 4 heteroatoms. The van der Waals surface area contributed by atoms with Crippen LogP contribution in [0.1, 0.15) is 0 Å². The SMILES string of the molecule is c1ccc(-c2ccc(N(c3ccc(-c4ccc5c(c4)oc4cnccc45)cc3)c3ccc4sc5ccccc5c4c3)cc2)cc1. The van der Waals surface area contributed by atoms with Crippen molar-refractivity contribution in [1.82, 2.24) is 4.98 Å². The third-order valence-electron chi connectivity index (χ3n) is 8.59. The summed E-state index contributed by atoms with van der Waals surface area (Å²) in [7, 11) is 0. The lowest BCUT2D eigenvalue weighted by atomic mass is 10.0. The maximum Gasteiger partial charge on any atom is 0.153 e. The monoisotopic (exact) mass is 594 g/mol. The van der Waals surface area contributed by atoms with E-state index in [0.717, 1.165) is 50.1 Å². The van der Waals surface area contributed by atoms with Gasteiger partial charge in [-0.2, -0.15) is 0 Å². The molecule has 6 aromatic carbocycles. The van der Waals surface area contributed by atoms with Crippen molar-refractivity contribution in [2.75, 3.05) is 4.90 Å². The Morgan fingerprint density at radius 3 is 1.87 bits per heavy atom. The molecule has 0 amide bonds. The number of aromatic nitrogens is 1. The van der Waals surface area contributed by atoms with Crippen LogP contribution in [-0.4, -0.2) is 4.98 Å². The van der Waals surface area contributed by atoms with Gasteiger partial charge in [-0.15, -0.1) is 11.3 Å². The van der Waals surface area contributed by atoms with E-state index in [2.05, 4.69) is 149 Å². The number of pyridine rings is 1. The molecule has 45 heavy (non-hydrogen) atoms. The number of fused-ring (bicyclic) bond motifs is 6. The van der Waals surface area contributed by atoms with Crippen molar-refractivity contribution in [2.45, 2.75) is 0 Å². The molecule has 0 aliphatic carbocycles. The Bertz CT molecular complexity index is 2480. The number of anilines is 3. The molecule has 0 aliphatic heterocycles. The average Bonchev–Trinajstić information content (AvgIpc) is 3.67. The van der Waals surface area contributed by atoms with Crippen molar-refractivity contribution in [1.29, 1.82) is 0 Å².